The highest BCUT2D eigenvalue weighted by Crippen LogP contribution is 2.45. The van der Waals surface area contributed by atoms with Crippen molar-refractivity contribution in [3.05, 3.63) is 29.8 Å². The number of nitrogens with two attached hydrogens (primary N) is 1. The molecule has 0 aliphatic heterocycles. The lowest BCUT2D eigenvalue weighted by molar-refractivity contribution is 0.419. The molecule has 0 spiro atoms. The number of aromatic nitrogens is 2. The zero-order chi connectivity index (χ0) is 12.0. The Kier molecular flexibility index (Phi) is 2.14. The zero-order valence-corrected chi connectivity index (χ0v) is 9.35. The predicted molar refractivity (Wildman–Crippen MR) is 60.6 cm³/mol. The van der Waals surface area contributed by atoms with Crippen LogP contribution < -0.4 is 5.73 Å². The average molecular weight is 233 g/mol. The van der Waals surface area contributed by atoms with Gasteiger partial charge >= 0.3 is 0 Å². The lowest BCUT2D eigenvalue weighted by Gasteiger charge is -1.98. The number of nitrogen functional groups attached to an aromatic ring is 1. The van der Waals surface area contributed by atoms with Crippen molar-refractivity contribution in [2.45, 2.75) is 19.3 Å². The molecule has 2 aromatic rings. The van der Waals surface area contributed by atoms with Crippen LogP contribution in [0.25, 0.3) is 11.5 Å². The van der Waals surface area contributed by atoms with Gasteiger partial charge in [-0.25, -0.2) is 4.39 Å². The van der Waals surface area contributed by atoms with E-state index in [-0.39, 0.29) is 11.5 Å². The SMILES string of the molecule is CC1CC1c1noc(-c2cc(N)ccc2F)n1. The van der Waals surface area contributed by atoms with Gasteiger partial charge in [0.25, 0.3) is 5.89 Å². The van der Waals surface area contributed by atoms with Crippen molar-refractivity contribution in [2.24, 2.45) is 5.92 Å². The maximum Gasteiger partial charge on any atom is 0.260 e. The van der Waals surface area contributed by atoms with Crippen LogP contribution >= 0.6 is 0 Å². The molecule has 1 fully saturated rings. The van der Waals surface area contributed by atoms with Crippen LogP contribution in [0.15, 0.2) is 22.7 Å². The van der Waals surface area contributed by atoms with Gasteiger partial charge in [-0.15, -0.1) is 0 Å². The molecule has 1 heterocycles. The molecule has 4 nitrogen and oxygen atoms in total. The Hall–Kier alpha value is -1.91. The van der Waals surface area contributed by atoms with Crippen molar-refractivity contribution in [3.8, 4) is 11.5 Å². The lowest BCUT2D eigenvalue weighted by atomic mass is 10.2. The van der Waals surface area contributed by atoms with Gasteiger partial charge in [-0.3, -0.25) is 0 Å². The fourth-order valence-corrected chi connectivity index (χ4v) is 1.88. The highest BCUT2D eigenvalue weighted by atomic mass is 19.1. The number of rotatable bonds is 2. The van der Waals surface area contributed by atoms with E-state index in [1.165, 1.54) is 18.2 Å². The summed E-state index contributed by atoms with van der Waals surface area (Å²) in [5.41, 5.74) is 6.34. The molecule has 0 bridgehead atoms. The fourth-order valence-electron chi connectivity index (χ4n) is 1.88. The smallest absolute Gasteiger partial charge is 0.260 e. The number of anilines is 1. The van der Waals surface area contributed by atoms with Gasteiger partial charge in [-0.05, 0) is 30.5 Å². The van der Waals surface area contributed by atoms with E-state index >= 15 is 0 Å². The van der Waals surface area contributed by atoms with Crippen LogP contribution in [0.3, 0.4) is 0 Å². The standard InChI is InChI=1S/C12H12FN3O/c1-6-4-8(6)11-15-12(17-16-11)9-5-7(14)2-3-10(9)13/h2-3,5-6,8H,4,14H2,1H3. The van der Waals surface area contributed by atoms with E-state index < -0.39 is 5.82 Å². The largest absolute Gasteiger partial charge is 0.399 e. The number of hydrogen-bond acceptors (Lipinski definition) is 4. The van der Waals surface area contributed by atoms with E-state index in [2.05, 4.69) is 17.1 Å². The third-order valence-electron chi connectivity index (χ3n) is 3.10. The molecule has 2 unspecified atom stereocenters. The number of nitrogens with zero attached hydrogens (tertiary/aromatic N) is 2. The van der Waals surface area contributed by atoms with Gasteiger partial charge in [0.1, 0.15) is 5.82 Å². The fraction of sp³-hybridized carbons (Fsp3) is 0.333. The van der Waals surface area contributed by atoms with E-state index in [0.717, 1.165) is 6.42 Å². The van der Waals surface area contributed by atoms with Crippen LogP contribution in [0.2, 0.25) is 0 Å². The van der Waals surface area contributed by atoms with Gasteiger partial charge in [0.05, 0.1) is 5.56 Å². The predicted octanol–water partition coefficient (Wildman–Crippen LogP) is 2.58. The Balaban J connectivity index is 1.98. The zero-order valence-electron chi connectivity index (χ0n) is 9.35. The third kappa shape index (κ3) is 1.77. The first-order chi connectivity index (χ1) is 8.15. The van der Waals surface area contributed by atoms with Gasteiger partial charge in [-0.1, -0.05) is 12.1 Å². The monoisotopic (exact) mass is 233 g/mol. The molecule has 1 saturated carbocycles. The van der Waals surface area contributed by atoms with Crippen molar-refractivity contribution in [2.75, 3.05) is 5.73 Å². The molecule has 1 aliphatic rings. The van der Waals surface area contributed by atoms with E-state index in [1.807, 2.05) is 0 Å². The average Bonchev–Trinajstić information content (AvgIpc) is 2.85. The quantitative estimate of drug-likeness (QED) is 0.809. The Morgan fingerprint density at radius 1 is 1.47 bits per heavy atom. The van der Waals surface area contributed by atoms with E-state index in [1.54, 1.807) is 0 Å². The van der Waals surface area contributed by atoms with E-state index in [0.29, 0.717) is 23.3 Å². The third-order valence-corrected chi connectivity index (χ3v) is 3.10. The molecular formula is C12H12FN3O. The second-order valence-corrected chi connectivity index (χ2v) is 4.52. The molecule has 0 amide bonds. The van der Waals surface area contributed by atoms with Gasteiger partial charge in [-0.2, -0.15) is 4.98 Å². The maximum atomic E-state index is 13.6. The first-order valence-corrected chi connectivity index (χ1v) is 5.54. The van der Waals surface area contributed by atoms with Crippen molar-refractivity contribution >= 4 is 5.69 Å². The second kappa shape index (κ2) is 3.55. The van der Waals surface area contributed by atoms with Gasteiger partial charge in [0.15, 0.2) is 5.82 Å². The molecule has 17 heavy (non-hydrogen) atoms. The van der Waals surface area contributed by atoms with Crippen LogP contribution in [-0.4, -0.2) is 10.1 Å². The summed E-state index contributed by atoms with van der Waals surface area (Å²) in [5, 5.41) is 3.88. The minimum atomic E-state index is -0.404. The molecule has 1 aromatic heterocycles. The summed E-state index contributed by atoms with van der Waals surface area (Å²) >= 11 is 0. The van der Waals surface area contributed by atoms with E-state index in [9.17, 15) is 4.39 Å². The Bertz CT molecular complexity index is 567. The van der Waals surface area contributed by atoms with Gasteiger partial charge in [0, 0.05) is 11.6 Å². The molecule has 1 aromatic carbocycles. The topological polar surface area (TPSA) is 64.9 Å². The molecule has 2 N–H and O–H groups in total. The summed E-state index contributed by atoms with van der Waals surface area (Å²) in [6, 6.07) is 4.30. The van der Waals surface area contributed by atoms with Crippen molar-refractivity contribution in [1.82, 2.24) is 10.1 Å². The summed E-state index contributed by atoms with van der Waals surface area (Å²) in [4.78, 5) is 4.22. The van der Waals surface area contributed by atoms with Crippen molar-refractivity contribution in [3.63, 3.8) is 0 Å². The summed E-state index contributed by atoms with van der Waals surface area (Å²) in [6.45, 7) is 2.13. The Morgan fingerprint density at radius 3 is 2.94 bits per heavy atom. The Labute approximate surface area is 97.6 Å². The van der Waals surface area contributed by atoms with Crippen LogP contribution in [0.1, 0.15) is 25.1 Å². The van der Waals surface area contributed by atoms with Crippen LogP contribution in [0.4, 0.5) is 10.1 Å². The van der Waals surface area contributed by atoms with Crippen LogP contribution in [-0.2, 0) is 0 Å². The summed E-state index contributed by atoms with van der Waals surface area (Å²) in [5.74, 6) is 1.40. The van der Waals surface area contributed by atoms with Crippen LogP contribution in [0.5, 0.6) is 0 Å². The molecular weight excluding hydrogens is 221 g/mol. The molecule has 3 rings (SSSR count). The van der Waals surface area contributed by atoms with E-state index in [4.69, 9.17) is 10.3 Å². The first-order valence-electron chi connectivity index (χ1n) is 5.54. The molecule has 1 aliphatic carbocycles. The summed E-state index contributed by atoms with van der Waals surface area (Å²) in [6.07, 6.45) is 1.07. The normalized spacial score (nSPS) is 22.7. The summed E-state index contributed by atoms with van der Waals surface area (Å²) in [7, 11) is 0. The van der Waals surface area contributed by atoms with Gasteiger partial charge in [0.2, 0.25) is 0 Å². The molecule has 5 heteroatoms. The highest BCUT2D eigenvalue weighted by Gasteiger charge is 2.38. The Morgan fingerprint density at radius 2 is 2.24 bits per heavy atom. The second-order valence-electron chi connectivity index (χ2n) is 4.52. The highest BCUT2D eigenvalue weighted by molar-refractivity contribution is 5.60. The number of halogens is 1. The van der Waals surface area contributed by atoms with Crippen LogP contribution in [0, 0.1) is 11.7 Å². The van der Waals surface area contributed by atoms with Crippen molar-refractivity contribution < 1.29 is 8.91 Å². The minimum absolute atomic E-state index is 0.198. The first kappa shape index (κ1) is 10.3. The maximum absolute atomic E-state index is 13.6. The minimum Gasteiger partial charge on any atom is -0.399 e. The van der Waals surface area contributed by atoms with Gasteiger partial charge < -0.3 is 10.3 Å². The number of benzene rings is 1. The molecule has 0 radical (unpaired) electrons. The molecule has 0 saturated heterocycles. The number of hydrogen-bond donors (Lipinski definition) is 1. The lowest BCUT2D eigenvalue weighted by Crippen LogP contribution is -1.90. The molecule has 2 atom stereocenters. The molecule has 88 valence electrons. The summed E-state index contributed by atoms with van der Waals surface area (Å²) < 4.78 is 18.7. The van der Waals surface area contributed by atoms with Crippen molar-refractivity contribution in [1.29, 1.82) is 0 Å².